The Hall–Kier alpha value is -1.65. The zero-order valence-corrected chi connectivity index (χ0v) is 10.7. The van der Waals surface area contributed by atoms with Crippen molar-refractivity contribution in [2.45, 2.75) is 26.2 Å². The number of benzene rings is 1. The Bertz CT molecular complexity index is 508. The standard InChI is InChI=1S/C14H18N2O2/c1-3-16-9-13(8-15-16)14(17)12-6-4-5-11(7-12)10-18-2/h4-9,14,17H,3,10H2,1-2H3. The highest BCUT2D eigenvalue weighted by Gasteiger charge is 2.12. The Kier molecular flexibility index (Phi) is 4.12. The van der Waals surface area contributed by atoms with Crippen molar-refractivity contribution >= 4 is 0 Å². The molecule has 1 aromatic carbocycles. The summed E-state index contributed by atoms with van der Waals surface area (Å²) >= 11 is 0. The number of hydrogen-bond acceptors (Lipinski definition) is 3. The number of aryl methyl sites for hydroxylation is 1. The number of ether oxygens (including phenoxy) is 1. The van der Waals surface area contributed by atoms with Crippen LogP contribution in [0.25, 0.3) is 0 Å². The van der Waals surface area contributed by atoms with Crippen LogP contribution in [0.2, 0.25) is 0 Å². The van der Waals surface area contributed by atoms with Gasteiger partial charge in [-0.15, -0.1) is 0 Å². The summed E-state index contributed by atoms with van der Waals surface area (Å²) in [7, 11) is 1.66. The van der Waals surface area contributed by atoms with Gasteiger partial charge >= 0.3 is 0 Å². The number of aliphatic hydroxyl groups excluding tert-OH is 1. The van der Waals surface area contributed by atoms with Crippen molar-refractivity contribution in [1.29, 1.82) is 0 Å². The molecule has 0 aliphatic heterocycles. The van der Waals surface area contributed by atoms with Crippen LogP contribution in [-0.2, 0) is 17.9 Å². The van der Waals surface area contributed by atoms with Crippen LogP contribution in [-0.4, -0.2) is 22.0 Å². The third kappa shape index (κ3) is 2.78. The number of aromatic nitrogens is 2. The van der Waals surface area contributed by atoms with E-state index in [0.717, 1.165) is 23.2 Å². The molecule has 1 unspecified atom stereocenters. The maximum Gasteiger partial charge on any atom is 0.107 e. The van der Waals surface area contributed by atoms with Crippen LogP contribution in [0.4, 0.5) is 0 Å². The van der Waals surface area contributed by atoms with E-state index in [1.165, 1.54) is 0 Å². The average Bonchev–Trinajstić information content (AvgIpc) is 2.87. The third-order valence-electron chi connectivity index (χ3n) is 2.87. The maximum atomic E-state index is 10.3. The van der Waals surface area contributed by atoms with Gasteiger partial charge in [0.05, 0.1) is 12.8 Å². The summed E-state index contributed by atoms with van der Waals surface area (Å²) < 4.78 is 6.89. The maximum absolute atomic E-state index is 10.3. The van der Waals surface area contributed by atoms with Crippen molar-refractivity contribution in [3.05, 3.63) is 53.3 Å². The first-order valence-corrected chi connectivity index (χ1v) is 6.02. The molecule has 0 saturated heterocycles. The number of methoxy groups -OCH3 is 1. The minimum atomic E-state index is -0.637. The molecule has 4 heteroatoms. The summed E-state index contributed by atoms with van der Waals surface area (Å²) in [6, 6.07) is 7.77. The van der Waals surface area contributed by atoms with Crippen molar-refractivity contribution in [1.82, 2.24) is 9.78 Å². The molecule has 2 rings (SSSR count). The highest BCUT2D eigenvalue weighted by Crippen LogP contribution is 2.22. The molecule has 0 spiro atoms. The first-order chi connectivity index (χ1) is 8.74. The van der Waals surface area contributed by atoms with Gasteiger partial charge in [-0.1, -0.05) is 24.3 Å². The number of rotatable bonds is 5. The van der Waals surface area contributed by atoms with E-state index in [2.05, 4.69) is 5.10 Å². The molecule has 4 nitrogen and oxygen atoms in total. The number of aliphatic hydroxyl groups is 1. The fourth-order valence-corrected chi connectivity index (χ4v) is 1.91. The lowest BCUT2D eigenvalue weighted by molar-refractivity contribution is 0.184. The second-order valence-electron chi connectivity index (χ2n) is 4.21. The summed E-state index contributed by atoms with van der Waals surface area (Å²) in [5.41, 5.74) is 2.73. The molecule has 0 aliphatic rings. The Balaban J connectivity index is 2.21. The van der Waals surface area contributed by atoms with Gasteiger partial charge in [0.2, 0.25) is 0 Å². The van der Waals surface area contributed by atoms with Crippen LogP contribution in [0.15, 0.2) is 36.7 Å². The second-order valence-corrected chi connectivity index (χ2v) is 4.21. The van der Waals surface area contributed by atoms with Gasteiger partial charge in [-0.25, -0.2) is 0 Å². The normalized spacial score (nSPS) is 12.6. The smallest absolute Gasteiger partial charge is 0.107 e. The van der Waals surface area contributed by atoms with E-state index in [1.54, 1.807) is 18.0 Å². The van der Waals surface area contributed by atoms with Gasteiger partial charge in [0.1, 0.15) is 6.10 Å². The molecule has 0 bridgehead atoms. The first-order valence-electron chi connectivity index (χ1n) is 6.02. The van der Waals surface area contributed by atoms with Crippen LogP contribution in [0.5, 0.6) is 0 Å². The molecule has 96 valence electrons. The van der Waals surface area contributed by atoms with E-state index in [4.69, 9.17) is 4.74 Å². The number of nitrogens with zero attached hydrogens (tertiary/aromatic N) is 2. The Labute approximate surface area is 107 Å². The molecule has 1 heterocycles. The average molecular weight is 246 g/mol. The topological polar surface area (TPSA) is 47.3 Å². The first kappa shape index (κ1) is 12.8. The quantitative estimate of drug-likeness (QED) is 0.879. The van der Waals surface area contributed by atoms with Crippen molar-refractivity contribution in [2.75, 3.05) is 7.11 Å². The van der Waals surface area contributed by atoms with Crippen LogP contribution in [0.3, 0.4) is 0 Å². The summed E-state index contributed by atoms with van der Waals surface area (Å²) in [5.74, 6) is 0. The van der Waals surface area contributed by atoms with E-state index in [-0.39, 0.29) is 0 Å². The molecular weight excluding hydrogens is 228 g/mol. The lowest BCUT2D eigenvalue weighted by atomic mass is 10.0. The van der Waals surface area contributed by atoms with Crippen molar-refractivity contribution in [3.63, 3.8) is 0 Å². The minimum Gasteiger partial charge on any atom is -0.384 e. The van der Waals surface area contributed by atoms with Gasteiger partial charge in [0.15, 0.2) is 0 Å². The predicted octanol–water partition coefficient (Wildman–Crippen LogP) is 2.13. The SMILES string of the molecule is CCn1cc(C(O)c2cccc(COC)c2)cn1. The van der Waals surface area contributed by atoms with E-state index in [0.29, 0.717) is 6.61 Å². The van der Waals surface area contributed by atoms with Crippen molar-refractivity contribution in [2.24, 2.45) is 0 Å². The fraction of sp³-hybridized carbons (Fsp3) is 0.357. The van der Waals surface area contributed by atoms with E-state index in [9.17, 15) is 5.11 Å². The summed E-state index contributed by atoms with van der Waals surface area (Å²) in [4.78, 5) is 0. The minimum absolute atomic E-state index is 0.550. The highest BCUT2D eigenvalue weighted by atomic mass is 16.5. The second kappa shape index (κ2) is 5.80. The fourth-order valence-electron chi connectivity index (χ4n) is 1.91. The molecule has 0 radical (unpaired) electrons. The van der Waals surface area contributed by atoms with Gasteiger partial charge in [-0.3, -0.25) is 4.68 Å². The zero-order chi connectivity index (χ0) is 13.0. The van der Waals surface area contributed by atoms with Crippen molar-refractivity contribution in [3.8, 4) is 0 Å². The van der Waals surface area contributed by atoms with Gasteiger partial charge in [-0.05, 0) is 18.1 Å². The molecular formula is C14H18N2O2. The molecule has 1 atom stereocenters. The zero-order valence-electron chi connectivity index (χ0n) is 10.7. The summed E-state index contributed by atoms with van der Waals surface area (Å²) in [6.07, 6.45) is 2.94. The van der Waals surface area contributed by atoms with E-state index >= 15 is 0 Å². The molecule has 1 N–H and O–H groups in total. The molecule has 1 aromatic heterocycles. The van der Waals surface area contributed by atoms with Crippen LogP contribution in [0.1, 0.15) is 29.7 Å². The van der Waals surface area contributed by atoms with Gasteiger partial charge in [-0.2, -0.15) is 5.10 Å². The summed E-state index contributed by atoms with van der Waals surface area (Å²) in [6.45, 7) is 3.37. The Morgan fingerprint density at radius 3 is 2.89 bits per heavy atom. The molecule has 18 heavy (non-hydrogen) atoms. The van der Waals surface area contributed by atoms with Crippen LogP contribution in [0, 0.1) is 0 Å². The molecule has 0 fully saturated rings. The Morgan fingerprint density at radius 2 is 2.22 bits per heavy atom. The summed E-state index contributed by atoms with van der Waals surface area (Å²) in [5, 5.41) is 14.5. The highest BCUT2D eigenvalue weighted by molar-refractivity contribution is 5.30. The third-order valence-corrected chi connectivity index (χ3v) is 2.87. The molecule has 0 saturated carbocycles. The number of hydrogen-bond donors (Lipinski definition) is 1. The van der Waals surface area contributed by atoms with E-state index in [1.807, 2.05) is 37.4 Å². The lowest BCUT2D eigenvalue weighted by Gasteiger charge is -2.10. The lowest BCUT2D eigenvalue weighted by Crippen LogP contribution is -2.00. The van der Waals surface area contributed by atoms with Crippen LogP contribution >= 0.6 is 0 Å². The Morgan fingerprint density at radius 1 is 1.39 bits per heavy atom. The van der Waals surface area contributed by atoms with Gasteiger partial charge in [0, 0.05) is 25.4 Å². The monoisotopic (exact) mass is 246 g/mol. The molecule has 0 amide bonds. The van der Waals surface area contributed by atoms with Gasteiger partial charge in [0.25, 0.3) is 0 Å². The molecule has 2 aromatic rings. The predicted molar refractivity (Wildman–Crippen MR) is 69.1 cm³/mol. The van der Waals surface area contributed by atoms with Crippen LogP contribution < -0.4 is 0 Å². The largest absolute Gasteiger partial charge is 0.384 e. The molecule has 0 aliphatic carbocycles. The van der Waals surface area contributed by atoms with E-state index < -0.39 is 6.10 Å². The van der Waals surface area contributed by atoms with Gasteiger partial charge < -0.3 is 9.84 Å². The van der Waals surface area contributed by atoms with Crippen molar-refractivity contribution < 1.29 is 9.84 Å².